The van der Waals surface area contributed by atoms with Crippen molar-refractivity contribution in [2.75, 3.05) is 7.11 Å². The molecule has 0 aromatic heterocycles. The number of aromatic carboxylic acids is 1. The summed E-state index contributed by atoms with van der Waals surface area (Å²) in [6.07, 6.45) is 0. The Kier molecular flexibility index (Phi) is 3.98. The highest BCUT2D eigenvalue weighted by atomic mass is 35.5. The number of carboxylic acids is 1. The third kappa shape index (κ3) is 2.83. The Morgan fingerprint density at radius 1 is 1.11 bits per heavy atom. The molecule has 2 aromatic rings. The SMILES string of the molecule is COc1cc(C(=O)O)ccc1-c1cc(Cl)ccc1Cl. The lowest BCUT2D eigenvalue weighted by Crippen LogP contribution is -1.98. The van der Waals surface area contributed by atoms with E-state index in [9.17, 15) is 4.79 Å². The fourth-order valence-corrected chi connectivity index (χ4v) is 2.14. The quantitative estimate of drug-likeness (QED) is 0.915. The zero-order valence-corrected chi connectivity index (χ0v) is 11.5. The van der Waals surface area contributed by atoms with Crippen LogP contribution in [0.4, 0.5) is 0 Å². The molecule has 0 saturated heterocycles. The minimum atomic E-state index is -1.01. The van der Waals surface area contributed by atoms with Crippen LogP contribution < -0.4 is 4.74 Å². The van der Waals surface area contributed by atoms with Crippen molar-refractivity contribution in [1.82, 2.24) is 0 Å². The number of hydrogen-bond donors (Lipinski definition) is 1. The van der Waals surface area contributed by atoms with Crippen molar-refractivity contribution >= 4 is 29.2 Å². The van der Waals surface area contributed by atoms with Crippen LogP contribution in [0.1, 0.15) is 10.4 Å². The molecule has 0 heterocycles. The Morgan fingerprint density at radius 3 is 2.47 bits per heavy atom. The van der Waals surface area contributed by atoms with Gasteiger partial charge in [0.2, 0.25) is 0 Å². The molecule has 19 heavy (non-hydrogen) atoms. The number of hydrogen-bond acceptors (Lipinski definition) is 2. The largest absolute Gasteiger partial charge is 0.496 e. The zero-order chi connectivity index (χ0) is 14.0. The van der Waals surface area contributed by atoms with Gasteiger partial charge in [-0.2, -0.15) is 0 Å². The molecule has 2 rings (SSSR count). The Morgan fingerprint density at radius 2 is 1.84 bits per heavy atom. The molecule has 2 aromatic carbocycles. The minimum absolute atomic E-state index is 0.152. The molecule has 1 N–H and O–H groups in total. The molecule has 0 radical (unpaired) electrons. The molecule has 0 unspecified atom stereocenters. The van der Waals surface area contributed by atoms with Crippen molar-refractivity contribution in [1.29, 1.82) is 0 Å². The molecule has 0 bridgehead atoms. The van der Waals surface area contributed by atoms with E-state index in [0.717, 1.165) is 0 Å². The van der Waals surface area contributed by atoms with Crippen LogP contribution in [0.25, 0.3) is 11.1 Å². The number of methoxy groups -OCH3 is 1. The van der Waals surface area contributed by atoms with Gasteiger partial charge in [0.25, 0.3) is 0 Å². The number of carboxylic acid groups (broad SMARTS) is 1. The Bertz CT molecular complexity index is 639. The lowest BCUT2D eigenvalue weighted by atomic mass is 10.0. The van der Waals surface area contributed by atoms with Crippen molar-refractivity contribution in [2.45, 2.75) is 0 Å². The molecule has 0 aliphatic heterocycles. The highest BCUT2D eigenvalue weighted by Gasteiger charge is 2.13. The van der Waals surface area contributed by atoms with Crippen LogP contribution in [-0.2, 0) is 0 Å². The van der Waals surface area contributed by atoms with E-state index in [1.54, 1.807) is 24.3 Å². The van der Waals surface area contributed by atoms with Crippen molar-refractivity contribution < 1.29 is 14.6 Å². The van der Waals surface area contributed by atoms with E-state index >= 15 is 0 Å². The number of rotatable bonds is 3. The summed E-state index contributed by atoms with van der Waals surface area (Å²) in [4.78, 5) is 10.9. The monoisotopic (exact) mass is 296 g/mol. The first-order valence-corrected chi connectivity index (χ1v) is 6.15. The van der Waals surface area contributed by atoms with Gasteiger partial charge in [0.15, 0.2) is 0 Å². The van der Waals surface area contributed by atoms with E-state index in [-0.39, 0.29) is 5.56 Å². The van der Waals surface area contributed by atoms with E-state index in [2.05, 4.69) is 0 Å². The second kappa shape index (κ2) is 5.51. The molecule has 0 saturated carbocycles. The lowest BCUT2D eigenvalue weighted by Gasteiger charge is -2.11. The van der Waals surface area contributed by atoms with E-state index < -0.39 is 5.97 Å². The van der Waals surface area contributed by atoms with Crippen molar-refractivity contribution in [3.63, 3.8) is 0 Å². The predicted octanol–water partition coefficient (Wildman–Crippen LogP) is 4.37. The summed E-state index contributed by atoms with van der Waals surface area (Å²) in [5.41, 5.74) is 1.54. The smallest absolute Gasteiger partial charge is 0.335 e. The average molecular weight is 297 g/mol. The third-order valence-electron chi connectivity index (χ3n) is 2.67. The number of carbonyl (C=O) groups is 1. The molecular weight excluding hydrogens is 287 g/mol. The van der Waals surface area contributed by atoms with Crippen LogP contribution >= 0.6 is 23.2 Å². The summed E-state index contributed by atoms with van der Waals surface area (Å²) in [5.74, 6) is -0.578. The summed E-state index contributed by atoms with van der Waals surface area (Å²) in [7, 11) is 1.48. The van der Waals surface area contributed by atoms with Gasteiger partial charge in [0, 0.05) is 21.2 Å². The van der Waals surface area contributed by atoms with Gasteiger partial charge in [0.1, 0.15) is 5.75 Å². The van der Waals surface area contributed by atoms with Crippen LogP contribution in [0.5, 0.6) is 5.75 Å². The summed E-state index contributed by atoms with van der Waals surface area (Å²) in [6.45, 7) is 0. The van der Waals surface area contributed by atoms with Gasteiger partial charge in [-0.3, -0.25) is 0 Å². The van der Waals surface area contributed by atoms with E-state index in [1.165, 1.54) is 19.2 Å². The highest BCUT2D eigenvalue weighted by Crippen LogP contribution is 2.36. The first kappa shape index (κ1) is 13.7. The minimum Gasteiger partial charge on any atom is -0.496 e. The maximum Gasteiger partial charge on any atom is 0.335 e. The summed E-state index contributed by atoms with van der Waals surface area (Å²) in [6, 6.07) is 9.68. The van der Waals surface area contributed by atoms with Crippen molar-refractivity contribution in [3.05, 3.63) is 52.0 Å². The molecule has 98 valence electrons. The number of benzene rings is 2. The van der Waals surface area contributed by atoms with Crippen LogP contribution in [0.15, 0.2) is 36.4 Å². The van der Waals surface area contributed by atoms with Crippen LogP contribution in [-0.4, -0.2) is 18.2 Å². The summed E-state index contributed by atoms with van der Waals surface area (Å²) < 4.78 is 5.22. The average Bonchev–Trinajstić information content (AvgIpc) is 2.40. The first-order chi connectivity index (χ1) is 9.02. The fourth-order valence-electron chi connectivity index (χ4n) is 1.75. The van der Waals surface area contributed by atoms with Gasteiger partial charge in [-0.05, 0) is 36.4 Å². The van der Waals surface area contributed by atoms with Crippen molar-refractivity contribution in [2.24, 2.45) is 0 Å². The number of halogens is 2. The lowest BCUT2D eigenvalue weighted by molar-refractivity contribution is 0.0696. The van der Waals surface area contributed by atoms with Gasteiger partial charge in [-0.1, -0.05) is 23.2 Å². The second-order valence-corrected chi connectivity index (χ2v) is 4.69. The van der Waals surface area contributed by atoms with Crippen LogP contribution in [0.2, 0.25) is 10.0 Å². The van der Waals surface area contributed by atoms with Crippen LogP contribution in [0.3, 0.4) is 0 Å². The van der Waals surface area contributed by atoms with E-state index in [0.29, 0.717) is 26.9 Å². The van der Waals surface area contributed by atoms with Gasteiger partial charge >= 0.3 is 5.97 Å². The maximum atomic E-state index is 10.9. The first-order valence-electron chi connectivity index (χ1n) is 5.39. The van der Waals surface area contributed by atoms with Gasteiger partial charge in [-0.15, -0.1) is 0 Å². The normalized spacial score (nSPS) is 10.3. The van der Waals surface area contributed by atoms with Crippen LogP contribution in [0, 0.1) is 0 Å². The second-order valence-electron chi connectivity index (χ2n) is 3.84. The fraction of sp³-hybridized carbons (Fsp3) is 0.0714. The van der Waals surface area contributed by atoms with Gasteiger partial charge in [0.05, 0.1) is 12.7 Å². The summed E-state index contributed by atoms with van der Waals surface area (Å²) in [5, 5.41) is 10.0. The molecular formula is C14H10Cl2O3. The number of ether oxygens (including phenoxy) is 1. The predicted molar refractivity (Wildman–Crippen MR) is 75.4 cm³/mol. The topological polar surface area (TPSA) is 46.5 Å². The highest BCUT2D eigenvalue weighted by molar-refractivity contribution is 6.35. The van der Waals surface area contributed by atoms with E-state index in [4.69, 9.17) is 33.0 Å². The molecule has 0 amide bonds. The maximum absolute atomic E-state index is 10.9. The Hall–Kier alpha value is -1.71. The molecule has 5 heteroatoms. The molecule has 0 spiro atoms. The third-order valence-corrected chi connectivity index (χ3v) is 3.23. The Balaban J connectivity index is 2.62. The van der Waals surface area contributed by atoms with E-state index in [1.807, 2.05) is 0 Å². The molecule has 0 fully saturated rings. The van der Waals surface area contributed by atoms with Gasteiger partial charge in [-0.25, -0.2) is 4.79 Å². The van der Waals surface area contributed by atoms with Crippen molar-refractivity contribution in [3.8, 4) is 16.9 Å². The summed E-state index contributed by atoms with van der Waals surface area (Å²) >= 11 is 12.1. The molecule has 0 aliphatic carbocycles. The molecule has 0 atom stereocenters. The van der Waals surface area contributed by atoms with Gasteiger partial charge < -0.3 is 9.84 Å². The standard InChI is InChI=1S/C14H10Cl2O3/c1-19-13-6-8(14(17)18)2-4-10(13)11-7-9(15)3-5-12(11)16/h2-7H,1H3,(H,17,18). The molecule has 3 nitrogen and oxygen atoms in total. The Labute approximate surface area is 120 Å². The molecule has 0 aliphatic rings. The zero-order valence-electron chi connectivity index (χ0n) is 9.98.